The average molecular weight is 519 g/mol. The highest BCUT2D eigenvalue weighted by Crippen LogP contribution is 2.32. The molecule has 1 atom stereocenters. The van der Waals surface area contributed by atoms with Crippen LogP contribution in [-0.4, -0.2) is 27.1 Å². The van der Waals surface area contributed by atoms with Crippen molar-refractivity contribution in [2.45, 2.75) is 18.2 Å². The van der Waals surface area contributed by atoms with Crippen LogP contribution in [0.15, 0.2) is 77.8 Å². The molecule has 1 aliphatic rings. The van der Waals surface area contributed by atoms with Crippen molar-refractivity contribution in [1.29, 1.82) is 0 Å². The summed E-state index contributed by atoms with van der Waals surface area (Å²) >= 11 is 19.4. The zero-order valence-electron chi connectivity index (χ0n) is 17.2. The highest BCUT2D eigenvalue weighted by molar-refractivity contribution is 8.15. The molecule has 4 rings (SSSR count). The van der Waals surface area contributed by atoms with Crippen molar-refractivity contribution >= 4 is 74.9 Å². The third-order valence-electron chi connectivity index (χ3n) is 4.87. The number of carbonyl (C=O) groups is 2. The van der Waals surface area contributed by atoms with Crippen molar-refractivity contribution in [3.63, 3.8) is 0 Å². The van der Waals surface area contributed by atoms with E-state index in [2.05, 4.69) is 10.3 Å². The number of benzene rings is 3. The van der Waals surface area contributed by atoms with Crippen LogP contribution in [0.4, 0.5) is 11.4 Å². The summed E-state index contributed by atoms with van der Waals surface area (Å²) in [6.07, 6.45) is 0.0359. The summed E-state index contributed by atoms with van der Waals surface area (Å²) in [5.74, 6) is -0.507. The number of hydrogen-bond acceptors (Lipinski definition) is 4. The second-order valence-electron chi connectivity index (χ2n) is 7.26. The summed E-state index contributed by atoms with van der Waals surface area (Å²) in [6.45, 7) is 0.314. The van der Waals surface area contributed by atoms with Crippen LogP contribution in [0.1, 0.15) is 12.0 Å². The summed E-state index contributed by atoms with van der Waals surface area (Å²) in [5.41, 5.74) is 2.02. The fraction of sp³-hybridized carbons (Fsp3) is 0.125. The Morgan fingerprint density at radius 2 is 1.61 bits per heavy atom. The van der Waals surface area contributed by atoms with E-state index >= 15 is 0 Å². The van der Waals surface area contributed by atoms with Gasteiger partial charge in [0.05, 0.1) is 22.9 Å². The molecule has 1 aliphatic heterocycles. The van der Waals surface area contributed by atoms with E-state index in [1.54, 1.807) is 65.6 Å². The molecule has 5 nitrogen and oxygen atoms in total. The van der Waals surface area contributed by atoms with E-state index in [0.717, 1.165) is 5.56 Å². The van der Waals surface area contributed by atoms with Gasteiger partial charge >= 0.3 is 0 Å². The van der Waals surface area contributed by atoms with E-state index in [1.807, 2.05) is 12.1 Å². The Bertz CT molecular complexity index is 1200. The molecule has 1 heterocycles. The molecule has 3 aromatic rings. The van der Waals surface area contributed by atoms with E-state index in [0.29, 0.717) is 38.2 Å². The Morgan fingerprint density at radius 3 is 2.27 bits per heavy atom. The number of para-hydroxylation sites is 1. The van der Waals surface area contributed by atoms with E-state index in [9.17, 15) is 9.59 Å². The second-order valence-corrected chi connectivity index (χ2v) is 9.71. The molecule has 1 N–H and O–H groups in total. The van der Waals surface area contributed by atoms with Gasteiger partial charge < -0.3 is 5.32 Å². The molecule has 2 amide bonds. The molecule has 0 saturated carbocycles. The number of nitrogens with one attached hydrogen (secondary N) is 1. The lowest BCUT2D eigenvalue weighted by Crippen LogP contribution is -2.44. The van der Waals surface area contributed by atoms with Gasteiger partial charge in [-0.15, -0.1) is 0 Å². The Labute approximate surface area is 210 Å². The normalized spacial score (nSPS) is 17.3. The average Bonchev–Trinajstić information content (AvgIpc) is 2.80. The van der Waals surface area contributed by atoms with Crippen LogP contribution in [0.3, 0.4) is 0 Å². The largest absolute Gasteiger partial charge is 0.324 e. The molecule has 1 fully saturated rings. The fourth-order valence-electron chi connectivity index (χ4n) is 3.17. The van der Waals surface area contributed by atoms with Crippen LogP contribution in [0, 0.1) is 0 Å². The molecule has 168 valence electrons. The maximum Gasteiger partial charge on any atom is 0.238 e. The molecule has 1 unspecified atom stereocenters. The maximum atomic E-state index is 13.1. The van der Waals surface area contributed by atoms with Gasteiger partial charge in [0.2, 0.25) is 11.8 Å². The highest BCUT2D eigenvalue weighted by atomic mass is 35.5. The van der Waals surface area contributed by atoms with E-state index < -0.39 is 5.25 Å². The molecule has 0 aliphatic carbocycles. The molecule has 0 bridgehead atoms. The number of halogens is 3. The van der Waals surface area contributed by atoms with Crippen LogP contribution in [-0.2, 0) is 16.1 Å². The van der Waals surface area contributed by atoms with Gasteiger partial charge in [0, 0.05) is 16.5 Å². The lowest BCUT2D eigenvalue weighted by atomic mass is 10.2. The van der Waals surface area contributed by atoms with Crippen molar-refractivity contribution in [2.24, 2.45) is 4.99 Å². The molecule has 3 aromatic carbocycles. The smallest absolute Gasteiger partial charge is 0.238 e. The number of anilines is 1. The van der Waals surface area contributed by atoms with Gasteiger partial charge in [-0.2, -0.15) is 0 Å². The number of amides is 2. The van der Waals surface area contributed by atoms with Gasteiger partial charge in [0.1, 0.15) is 5.25 Å². The number of aliphatic imine (C=N–C) groups is 1. The van der Waals surface area contributed by atoms with Crippen LogP contribution >= 0.6 is 46.6 Å². The van der Waals surface area contributed by atoms with Crippen molar-refractivity contribution < 1.29 is 9.59 Å². The van der Waals surface area contributed by atoms with Crippen molar-refractivity contribution in [2.75, 3.05) is 5.32 Å². The highest BCUT2D eigenvalue weighted by Gasteiger charge is 2.36. The lowest BCUT2D eigenvalue weighted by Gasteiger charge is -2.32. The molecule has 9 heteroatoms. The van der Waals surface area contributed by atoms with E-state index in [4.69, 9.17) is 34.8 Å². The van der Waals surface area contributed by atoms with Crippen molar-refractivity contribution in [3.8, 4) is 0 Å². The SMILES string of the molecule is O=C(Nc1ccccc1Cl)C1CC(=O)N(Cc2ccc(Cl)cc2)C(=Nc2ccc(Cl)cc2)S1. The number of hydrogen-bond donors (Lipinski definition) is 1. The minimum absolute atomic E-state index is 0.0359. The lowest BCUT2D eigenvalue weighted by molar-refractivity contribution is -0.129. The summed E-state index contributed by atoms with van der Waals surface area (Å²) < 4.78 is 0. The molecule has 0 spiro atoms. The Kier molecular flexibility index (Phi) is 7.60. The number of rotatable bonds is 5. The Hall–Kier alpha value is -2.51. The van der Waals surface area contributed by atoms with Crippen molar-refractivity contribution in [3.05, 3.63) is 93.4 Å². The maximum absolute atomic E-state index is 13.1. The fourth-order valence-corrected chi connectivity index (χ4v) is 4.70. The minimum Gasteiger partial charge on any atom is -0.324 e. The first-order valence-electron chi connectivity index (χ1n) is 10.00. The van der Waals surface area contributed by atoms with Crippen LogP contribution in [0.5, 0.6) is 0 Å². The van der Waals surface area contributed by atoms with Crippen LogP contribution in [0.25, 0.3) is 0 Å². The zero-order chi connectivity index (χ0) is 23.4. The zero-order valence-corrected chi connectivity index (χ0v) is 20.3. The predicted molar refractivity (Wildman–Crippen MR) is 137 cm³/mol. The molecule has 33 heavy (non-hydrogen) atoms. The first-order chi connectivity index (χ1) is 15.9. The summed E-state index contributed by atoms with van der Waals surface area (Å²) in [6, 6.07) is 21.2. The third-order valence-corrected chi connectivity index (χ3v) is 6.89. The van der Waals surface area contributed by atoms with E-state index in [-0.39, 0.29) is 18.2 Å². The first-order valence-corrected chi connectivity index (χ1v) is 12.0. The molecular weight excluding hydrogens is 501 g/mol. The summed E-state index contributed by atoms with van der Waals surface area (Å²) in [4.78, 5) is 32.3. The minimum atomic E-state index is -0.652. The molecular formula is C24H18Cl3N3O2S. The standard InChI is InChI=1S/C24H18Cl3N3O2S/c25-16-7-5-15(6-8-16)14-30-22(31)13-21(23(32)29-20-4-2-1-3-19(20)27)33-24(30)28-18-11-9-17(26)10-12-18/h1-12,21H,13-14H2,(H,29,32). The second kappa shape index (κ2) is 10.6. The molecule has 0 radical (unpaired) electrons. The van der Waals surface area contributed by atoms with Gasteiger partial charge in [-0.25, -0.2) is 4.99 Å². The summed E-state index contributed by atoms with van der Waals surface area (Å²) in [5, 5.41) is 4.22. The van der Waals surface area contributed by atoms with Gasteiger partial charge in [-0.1, -0.05) is 70.8 Å². The Balaban J connectivity index is 1.60. The predicted octanol–water partition coefficient (Wildman–Crippen LogP) is 6.81. The van der Waals surface area contributed by atoms with Gasteiger partial charge in [-0.3, -0.25) is 14.5 Å². The topological polar surface area (TPSA) is 61.8 Å². The number of thioether (sulfide) groups is 1. The first kappa shape index (κ1) is 23.6. The van der Waals surface area contributed by atoms with Gasteiger partial charge in [-0.05, 0) is 54.1 Å². The monoisotopic (exact) mass is 517 g/mol. The number of nitrogens with zero attached hydrogens (tertiary/aromatic N) is 2. The summed E-state index contributed by atoms with van der Waals surface area (Å²) in [7, 11) is 0. The van der Waals surface area contributed by atoms with Gasteiger partial charge in [0.25, 0.3) is 0 Å². The number of carbonyl (C=O) groups excluding carboxylic acids is 2. The number of amidine groups is 1. The Morgan fingerprint density at radius 1 is 0.970 bits per heavy atom. The van der Waals surface area contributed by atoms with Crippen LogP contribution in [0.2, 0.25) is 15.1 Å². The molecule has 1 saturated heterocycles. The van der Waals surface area contributed by atoms with Crippen LogP contribution < -0.4 is 5.32 Å². The quantitative estimate of drug-likeness (QED) is 0.404. The van der Waals surface area contributed by atoms with Crippen molar-refractivity contribution in [1.82, 2.24) is 4.90 Å². The van der Waals surface area contributed by atoms with Gasteiger partial charge in [0.15, 0.2) is 5.17 Å². The third kappa shape index (κ3) is 6.09. The van der Waals surface area contributed by atoms with E-state index in [1.165, 1.54) is 11.8 Å². The molecule has 0 aromatic heterocycles.